The van der Waals surface area contributed by atoms with E-state index in [2.05, 4.69) is 26.6 Å². The van der Waals surface area contributed by atoms with Crippen molar-refractivity contribution >= 4 is 47.4 Å². The third-order valence-corrected chi connectivity index (χ3v) is 6.51. The van der Waals surface area contributed by atoms with Crippen molar-refractivity contribution in [2.75, 3.05) is 31.6 Å². The van der Waals surface area contributed by atoms with Crippen LogP contribution in [0.1, 0.15) is 17.7 Å². The molecule has 2 atom stereocenters. The number of nitrogens with one attached hydrogen (secondary N) is 2. The number of piperidine rings is 1. The predicted octanol–water partition coefficient (Wildman–Crippen LogP) is 1.67. The fourth-order valence-electron chi connectivity index (χ4n) is 4.61. The maximum absolute atomic E-state index is 12.5. The molecule has 0 bridgehead atoms. The summed E-state index contributed by atoms with van der Waals surface area (Å²) in [5.74, 6) is 0.742. The van der Waals surface area contributed by atoms with E-state index in [4.69, 9.17) is 4.74 Å². The normalized spacial score (nSPS) is 19.0. The molecule has 1 saturated heterocycles. The Kier molecular flexibility index (Phi) is 9.48. The smallest absolute Gasteiger partial charge is 0.263 e. The lowest BCUT2D eigenvalue weighted by Gasteiger charge is -2.36. The van der Waals surface area contributed by atoms with E-state index in [1.54, 1.807) is 34.9 Å². The second-order valence-electron chi connectivity index (χ2n) is 8.84. The van der Waals surface area contributed by atoms with Crippen molar-refractivity contribution in [2.45, 2.75) is 31.7 Å². The van der Waals surface area contributed by atoms with Gasteiger partial charge in [0.15, 0.2) is 18.2 Å². The number of fused-ring (bicyclic) bond motifs is 2. The number of amides is 1. The number of carbonyl (C=O) groups is 1. The van der Waals surface area contributed by atoms with Gasteiger partial charge in [-0.25, -0.2) is 4.98 Å². The summed E-state index contributed by atoms with van der Waals surface area (Å²) < 4.78 is 7.03. The number of aliphatic hydroxyl groups excluding tert-OH is 1. The Labute approximate surface area is 226 Å². The van der Waals surface area contributed by atoms with Crippen LogP contribution in [0.15, 0.2) is 47.3 Å². The summed E-state index contributed by atoms with van der Waals surface area (Å²) in [6.07, 6.45) is 0.174. The van der Waals surface area contributed by atoms with Crippen molar-refractivity contribution in [3.05, 3.63) is 64.1 Å². The number of nitriles is 1. The Bertz CT molecular complexity index is 1380. The Morgan fingerprint density at radius 1 is 1.16 bits per heavy atom. The van der Waals surface area contributed by atoms with Crippen LogP contribution in [0, 0.1) is 11.3 Å². The predicted molar refractivity (Wildman–Crippen MR) is 143 cm³/mol. The van der Waals surface area contributed by atoms with E-state index in [1.165, 1.54) is 0 Å². The molecule has 0 unspecified atom stereocenters. The van der Waals surface area contributed by atoms with Gasteiger partial charge in [0.05, 0.1) is 28.9 Å². The van der Waals surface area contributed by atoms with E-state index in [-0.39, 0.29) is 48.9 Å². The summed E-state index contributed by atoms with van der Waals surface area (Å²) in [5.41, 5.74) is 1.90. The minimum Gasteiger partial charge on any atom is -0.480 e. The lowest BCUT2D eigenvalue weighted by molar-refractivity contribution is -0.118. The first-order chi connectivity index (χ1) is 17.0. The van der Waals surface area contributed by atoms with E-state index >= 15 is 0 Å². The van der Waals surface area contributed by atoms with Crippen LogP contribution in [0.5, 0.6) is 5.75 Å². The van der Waals surface area contributed by atoms with Gasteiger partial charge in [-0.2, -0.15) is 5.26 Å². The molecular weight excluding hydrogens is 519 g/mol. The Morgan fingerprint density at radius 3 is 2.76 bits per heavy atom. The fraction of sp³-hybridized carbons (Fsp3) is 0.360. The SMILES string of the molecule is Cl.Cl.N#Cc1ccc2ccc(=O)n(CCN3CC[C@H](NCc4ccc5c(n4)NC(=O)CO5)[C@H](O)C3)c2c1. The number of hydrogen-bond donors (Lipinski definition) is 3. The standard InChI is InChI=1S/C25H26N6O4.2ClH/c26-12-16-1-2-17-3-6-24(34)31(20(17)11-16)10-9-30-8-7-19(21(32)14-30)27-13-18-4-5-22-25(28-18)29-23(33)15-35-22;;/h1-6,11,19,21,27,32H,7-10,13-15H2,(H,28,29,33);2*1H/t19-,21+;;/m0../s1. The molecule has 2 aliphatic heterocycles. The van der Waals surface area contributed by atoms with Crippen molar-refractivity contribution in [2.24, 2.45) is 0 Å². The summed E-state index contributed by atoms with van der Waals surface area (Å²) in [6, 6.07) is 14.3. The van der Waals surface area contributed by atoms with Gasteiger partial charge in [0, 0.05) is 38.3 Å². The van der Waals surface area contributed by atoms with E-state index in [0.717, 1.165) is 29.6 Å². The third-order valence-electron chi connectivity index (χ3n) is 6.51. The number of β-amino-alcohol motifs (C(OH)–C–C–N with tert-alkyl or cyclic N) is 1. The molecule has 1 fully saturated rings. The van der Waals surface area contributed by atoms with Gasteiger partial charge in [-0.1, -0.05) is 6.07 Å². The lowest BCUT2D eigenvalue weighted by atomic mass is 10.0. The van der Waals surface area contributed by atoms with Gasteiger partial charge in [0.2, 0.25) is 0 Å². The van der Waals surface area contributed by atoms with Crippen molar-refractivity contribution in [1.29, 1.82) is 5.26 Å². The summed E-state index contributed by atoms with van der Waals surface area (Å²) in [6.45, 7) is 2.81. The van der Waals surface area contributed by atoms with Crippen molar-refractivity contribution in [1.82, 2.24) is 19.8 Å². The Balaban J connectivity index is 0.00000190. The molecule has 3 N–H and O–H groups in total. The molecule has 0 aliphatic carbocycles. The topological polar surface area (TPSA) is 133 Å². The van der Waals surface area contributed by atoms with Gasteiger partial charge in [-0.05, 0) is 48.7 Å². The maximum Gasteiger partial charge on any atom is 0.263 e. The number of benzene rings is 1. The second-order valence-corrected chi connectivity index (χ2v) is 8.84. The number of likely N-dealkylation sites (tertiary alicyclic amines) is 1. The van der Waals surface area contributed by atoms with Crippen LogP contribution in [-0.4, -0.2) is 63.9 Å². The minimum atomic E-state index is -0.571. The van der Waals surface area contributed by atoms with E-state index in [9.17, 15) is 20.0 Å². The monoisotopic (exact) mass is 546 g/mol. The molecule has 5 rings (SSSR count). The first-order valence-electron chi connectivity index (χ1n) is 11.6. The number of rotatable bonds is 6. The molecule has 0 spiro atoms. The van der Waals surface area contributed by atoms with Gasteiger partial charge in [-0.3, -0.25) is 14.5 Å². The number of aromatic nitrogens is 2. The molecule has 2 aliphatic rings. The summed E-state index contributed by atoms with van der Waals surface area (Å²) in [4.78, 5) is 30.6. The molecule has 2 aromatic heterocycles. The zero-order valence-electron chi connectivity index (χ0n) is 19.9. The summed E-state index contributed by atoms with van der Waals surface area (Å²) >= 11 is 0. The van der Waals surface area contributed by atoms with Crippen LogP contribution in [0.3, 0.4) is 0 Å². The summed E-state index contributed by atoms with van der Waals surface area (Å²) in [7, 11) is 0. The molecule has 196 valence electrons. The molecule has 1 amide bonds. The highest BCUT2D eigenvalue weighted by Gasteiger charge is 2.27. The largest absolute Gasteiger partial charge is 0.480 e. The molecule has 0 saturated carbocycles. The minimum absolute atomic E-state index is 0. The quantitative estimate of drug-likeness (QED) is 0.425. The number of carbonyl (C=O) groups excluding carboxylic acids is 1. The molecular formula is C25H28Cl2N6O4. The first-order valence-corrected chi connectivity index (χ1v) is 11.6. The molecule has 3 aromatic rings. The van der Waals surface area contributed by atoms with Crippen molar-refractivity contribution in [3.8, 4) is 11.8 Å². The Morgan fingerprint density at radius 2 is 1.97 bits per heavy atom. The van der Waals surface area contributed by atoms with Gasteiger partial charge in [0.25, 0.3) is 11.5 Å². The molecule has 37 heavy (non-hydrogen) atoms. The van der Waals surface area contributed by atoms with E-state index < -0.39 is 6.10 Å². The van der Waals surface area contributed by atoms with Gasteiger partial charge in [-0.15, -0.1) is 24.8 Å². The number of anilines is 1. The van der Waals surface area contributed by atoms with E-state index in [1.807, 2.05) is 12.1 Å². The van der Waals surface area contributed by atoms with E-state index in [0.29, 0.717) is 43.3 Å². The number of hydrogen-bond acceptors (Lipinski definition) is 8. The maximum atomic E-state index is 12.5. The molecule has 12 heteroatoms. The second kappa shape index (κ2) is 12.4. The van der Waals surface area contributed by atoms with Gasteiger partial charge >= 0.3 is 0 Å². The number of ether oxygens (including phenoxy) is 1. The zero-order chi connectivity index (χ0) is 24.4. The lowest BCUT2D eigenvalue weighted by Crippen LogP contribution is -2.53. The van der Waals surface area contributed by atoms with Crippen molar-refractivity contribution in [3.63, 3.8) is 0 Å². The fourth-order valence-corrected chi connectivity index (χ4v) is 4.61. The average molecular weight is 547 g/mol. The molecule has 1 aromatic carbocycles. The number of aliphatic hydroxyl groups is 1. The highest BCUT2D eigenvalue weighted by Crippen LogP contribution is 2.25. The Hall–Kier alpha value is -3.20. The van der Waals surface area contributed by atoms with Crippen LogP contribution in [0.4, 0.5) is 5.82 Å². The highest BCUT2D eigenvalue weighted by atomic mass is 35.5. The van der Waals surface area contributed by atoms with Crippen LogP contribution in [0.2, 0.25) is 0 Å². The van der Waals surface area contributed by atoms with Gasteiger partial charge in [0.1, 0.15) is 0 Å². The van der Waals surface area contributed by atoms with Crippen molar-refractivity contribution < 1.29 is 14.6 Å². The van der Waals surface area contributed by atoms with Gasteiger partial charge < -0.3 is 25.0 Å². The van der Waals surface area contributed by atoms with Crippen LogP contribution >= 0.6 is 24.8 Å². The average Bonchev–Trinajstić information content (AvgIpc) is 2.87. The van der Waals surface area contributed by atoms with Crippen LogP contribution < -0.4 is 20.9 Å². The summed E-state index contributed by atoms with van der Waals surface area (Å²) in [5, 5.41) is 26.9. The third kappa shape index (κ3) is 6.39. The van der Waals surface area contributed by atoms with Crippen LogP contribution in [-0.2, 0) is 17.9 Å². The highest BCUT2D eigenvalue weighted by molar-refractivity contribution is 5.94. The number of nitrogens with zero attached hydrogens (tertiary/aromatic N) is 4. The molecule has 10 nitrogen and oxygen atoms in total. The first kappa shape index (κ1) is 28.4. The number of halogens is 2. The van der Waals surface area contributed by atoms with Crippen LogP contribution in [0.25, 0.3) is 10.9 Å². The molecule has 4 heterocycles. The zero-order valence-corrected chi connectivity index (χ0v) is 21.6. The number of pyridine rings is 2. The molecule has 0 radical (unpaired) electrons.